The van der Waals surface area contributed by atoms with Gasteiger partial charge in [0.1, 0.15) is 0 Å². The number of rotatable bonds is 4. The molecule has 3 rings (SSSR count). The number of tetrazole rings is 1. The second-order valence-corrected chi connectivity index (χ2v) is 5.65. The summed E-state index contributed by atoms with van der Waals surface area (Å²) in [5, 5.41) is 16.6. The Morgan fingerprint density at radius 2 is 1.95 bits per heavy atom. The quantitative estimate of drug-likeness (QED) is 0.941. The molecule has 1 aromatic heterocycles. The first-order valence-corrected chi connectivity index (χ1v) is 7.43. The Balaban J connectivity index is 2.02. The van der Waals surface area contributed by atoms with Crippen molar-refractivity contribution in [1.82, 2.24) is 25.5 Å². The van der Waals surface area contributed by atoms with Crippen LogP contribution in [0.4, 0.5) is 0 Å². The number of aromatic nitrogens is 4. The third-order valence-corrected chi connectivity index (χ3v) is 4.19. The van der Waals surface area contributed by atoms with Gasteiger partial charge in [-0.2, -0.15) is 4.68 Å². The molecule has 1 aliphatic rings. The molecule has 20 heavy (non-hydrogen) atoms. The van der Waals surface area contributed by atoms with Gasteiger partial charge in [-0.15, -0.1) is 5.10 Å². The van der Waals surface area contributed by atoms with E-state index in [1.807, 2.05) is 28.9 Å². The van der Waals surface area contributed by atoms with Crippen LogP contribution in [0.3, 0.4) is 0 Å². The van der Waals surface area contributed by atoms with Gasteiger partial charge in [0.2, 0.25) is 0 Å². The lowest BCUT2D eigenvalue weighted by molar-refractivity contribution is 0.322. The Morgan fingerprint density at radius 3 is 2.60 bits per heavy atom. The van der Waals surface area contributed by atoms with Crippen LogP contribution in [0, 0.1) is 0 Å². The molecule has 0 aliphatic heterocycles. The van der Waals surface area contributed by atoms with Crippen LogP contribution in [0.25, 0.3) is 5.69 Å². The zero-order chi connectivity index (χ0) is 14.0. The van der Waals surface area contributed by atoms with Gasteiger partial charge in [-0.25, -0.2) is 0 Å². The fraction of sp³-hybridized carbons (Fsp3) is 0.500. The van der Waals surface area contributed by atoms with Crippen LogP contribution in [0.15, 0.2) is 24.3 Å². The van der Waals surface area contributed by atoms with E-state index in [1.165, 1.54) is 12.8 Å². The molecule has 1 heterocycles. The monoisotopic (exact) mass is 291 g/mol. The predicted octanol–water partition coefficient (Wildman–Crippen LogP) is 2.69. The maximum Gasteiger partial charge on any atom is 0.176 e. The molecule has 5 nitrogen and oxygen atoms in total. The van der Waals surface area contributed by atoms with E-state index >= 15 is 0 Å². The smallest absolute Gasteiger partial charge is 0.176 e. The van der Waals surface area contributed by atoms with Crippen molar-refractivity contribution >= 4 is 11.6 Å². The van der Waals surface area contributed by atoms with Gasteiger partial charge in [0.15, 0.2) is 5.82 Å². The van der Waals surface area contributed by atoms with Crippen molar-refractivity contribution in [2.75, 3.05) is 6.54 Å². The van der Waals surface area contributed by atoms with Crippen LogP contribution in [-0.4, -0.2) is 26.8 Å². The average Bonchev–Trinajstić information content (AvgIpc) is 3.09. The largest absolute Gasteiger partial charge is 0.305 e. The molecule has 106 valence electrons. The average molecular weight is 292 g/mol. The van der Waals surface area contributed by atoms with Crippen LogP contribution in [-0.2, 0) is 5.54 Å². The summed E-state index contributed by atoms with van der Waals surface area (Å²) in [4.78, 5) is 0. The summed E-state index contributed by atoms with van der Waals surface area (Å²) >= 11 is 5.94. The molecule has 0 atom stereocenters. The summed E-state index contributed by atoms with van der Waals surface area (Å²) in [6.07, 6.45) is 4.57. The Bertz CT molecular complexity index is 572. The second-order valence-electron chi connectivity index (χ2n) is 5.21. The number of halogens is 1. The van der Waals surface area contributed by atoms with Crippen molar-refractivity contribution in [2.45, 2.75) is 38.1 Å². The Kier molecular flexibility index (Phi) is 3.72. The van der Waals surface area contributed by atoms with Crippen LogP contribution >= 0.6 is 11.6 Å². The first-order valence-electron chi connectivity index (χ1n) is 7.05. The fourth-order valence-corrected chi connectivity index (χ4v) is 3.16. The van der Waals surface area contributed by atoms with E-state index < -0.39 is 0 Å². The number of hydrogen-bond donors (Lipinski definition) is 1. The van der Waals surface area contributed by atoms with Gasteiger partial charge in [0.25, 0.3) is 0 Å². The van der Waals surface area contributed by atoms with E-state index in [0.29, 0.717) is 5.02 Å². The lowest BCUT2D eigenvalue weighted by atomic mass is 9.96. The first-order chi connectivity index (χ1) is 9.75. The van der Waals surface area contributed by atoms with Crippen LogP contribution in [0.5, 0.6) is 0 Å². The van der Waals surface area contributed by atoms with Crippen molar-refractivity contribution in [3.8, 4) is 5.69 Å². The van der Waals surface area contributed by atoms with Gasteiger partial charge in [-0.05, 0) is 54.1 Å². The normalized spacial score (nSPS) is 17.5. The minimum absolute atomic E-state index is 0.0993. The maximum absolute atomic E-state index is 5.94. The zero-order valence-corrected chi connectivity index (χ0v) is 12.3. The summed E-state index contributed by atoms with van der Waals surface area (Å²) in [5.41, 5.74) is 0.844. The number of nitrogens with zero attached hydrogens (tertiary/aromatic N) is 4. The van der Waals surface area contributed by atoms with Gasteiger partial charge >= 0.3 is 0 Å². The molecule has 1 aliphatic carbocycles. The third-order valence-electron chi connectivity index (χ3n) is 3.94. The highest BCUT2D eigenvalue weighted by molar-refractivity contribution is 6.30. The van der Waals surface area contributed by atoms with E-state index in [2.05, 4.69) is 27.8 Å². The highest BCUT2D eigenvalue weighted by Crippen LogP contribution is 2.38. The van der Waals surface area contributed by atoms with Crippen LogP contribution in [0.2, 0.25) is 5.02 Å². The molecule has 0 unspecified atom stereocenters. The molecule has 0 saturated heterocycles. The molecular weight excluding hydrogens is 274 g/mol. The third kappa shape index (κ3) is 2.31. The number of nitrogens with one attached hydrogen (secondary N) is 1. The van der Waals surface area contributed by atoms with Gasteiger partial charge in [0, 0.05) is 5.02 Å². The molecule has 0 spiro atoms. The molecule has 6 heteroatoms. The topological polar surface area (TPSA) is 55.6 Å². The highest BCUT2D eigenvalue weighted by Gasteiger charge is 2.39. The molecule has 0 amide bonds. The highest BCUT2D eigenvalue weighted by atomic mass is 35.5. The first kappa shape index (κ1) is 13.5. The van der Waals surface area contributed by atoms with E-state index in [0.717, 1.165) is 30.9 Å². The predicted molar refractivity (Wildman–Crippen MR) is 78.0 cm³/mol. The molecule has 0 radical (unpaired) electrons. The lowest BCUT2D eigenvalue weighted by Gasteiger charge is -2.28. The van der Waals surface area contributed by atoms with E-state index in [-0.39, 0.29) is 5.54 Å². The van der Waals surface area contributed by atoms with E-state index in [4.69, 9.17) is 11.6 Å². The zero-order valence-electron chi connectivity index (χ0n) is 11.5. The maximum atomic E-state index is 5.94. The van der Waals surface area contributed by atoms with Crippen molar-refractivity contribution in [3.63, 3.8) is 0 Å². The van der Waals surface area contributed by atoms with Crippen molar-refractivity contribution < 1.29 is 0 Å². The lowest BCUT2D eigenvalue weighted by Crippen LogP contribution is -2.42. The Morgan fingerprint density at radius 1 is 1.25 bits per heavy atom. The molecule has 1 aromatic carbocycles. The van der Waals surface area contributed by atoms with Crippen molar-refractivity contribution in [3.05, 3.63) is 35.1 Å². The summed E-state index contributed by atoms with van der Waals surface area (Å²) in [7, 11) is 0. The van der Waals surface area contributed by atoms with E-state index in [9.17, 15) is 0 Å². The number of benzene rings is 1. The van der Waals surface area contributed by atoms with Crippen LogP contribution in [0.1, 0.15) is 38.4 Å². The minimum atomic E-state index is -0.0993. The number of hydrogen-bond acceptors (Lipinski definition) is 4. The minimum Gasteiger partial charge on any atom is -0.305 e. The summed E-state index contributed by atoms with van der Waals surface area (Å²) < 4.78 is 1.82. The fourth-order valence-electron chi connectivity index (χ4n) is 3.04. The van der Waals surface area contributed by atoms with Crippen molar-refractivity contribution in [1.29, 1.82) is 0 Å². The molecule has 1 saturated carbocycles. The second kappa shape index (κ2) is 5.50. The summed E-state index contributed by atoms with van der Waals surface area (Å²) in [5.74, 6) is 0.902. The molecule has 0 bridgehead atoms. The molecule has 1 fully saturated rings. The Labute approximate surface area is 123 Å². The van der Waals surface area contributed by atoms with Gasteiger partial charge < -0.3 is 5.32 Å². The van der Waals surface area contributed by atoms with Gasteiger partial charge in [0.05, 0.1) is 11.2 Å². The Hall–Kier alpha value is -1.46. The molecule has 2 aromatic rings. The van der Waals surface area contributed by atoms with E-state index in [1.54, 1.807) is 0 Å². The summed E-state index contributed by atoms with van der Waals surface area (Å²) in [6.45, 7) is 3.03. The SMILES string of the molecule is CCNC1(c2nnnn2-c2ccc(Cl)cc2)CCCC1. The van der Waals surface area contributed by atoms with Gasteiger partial charge in [-0.3, -0.25) is 0 Å². The molecular formula is C14H18ClN5. The van der Waals surface area contributed by atoms with Crippen LogP contribution < -0.4 is 5.32 Å². The van der Waals surface area contributed by atoms with Crippen molar-refractivity contribution in [2.24, 2.45) is 0 Å². The summed E-state index contributed by atoms with van der Waals surface area (Å²) in [6, 6.07) is 7.60. The van der Waals surface area contributed by atoms with Gasteiger partial charge in [-0.1, -0.05) is 31.4 Å². The molecule has 1 N–H and O–H groups in total. The standard InChI is InChI=1S/C14H18ClN5/c1-2-16-14(9-3-4-10-14)13-17-18-19-20(13)12-7-5-11(15)6-8-12/h5-8,16H,2-4,9-10H2,1H3.